The van der Waals surface area contributed by atoms with E-state index in [1.807, 2.05) is 6.07 Å². The predicted octanol–water partition coefficient (Wildman–Crippen LogP) is 2.62. The Kier molecular flexibility index (Phi) is 4.39. The highest BCUT2D eigenvalue weighted by atomic mass is 16.5. The van der Waals surface area contributed by atoms with Crippen LogP contribution in [0.3, 0.4) is 0 Å². The number of aliphatic hydroxyl groups is 1. The zero-order valence-electron chi connectivity index (χ0n) is 14.0. The van der Waals surface area contributed by atoms with Crippen molar-refractivity contribution in [2.45, 2.75) is 38.5 Å². The minimum Gasteiger partial charge on any atom is -0.396 e. The molecule has 1 unspecified atom stereocenters. The van der Waals surface area contributed by atoms with Crippen LogP contribution in [0.2, 0.25) is 0 Å². The largest absolute Gasteiger partial charge is 0.396 e. The van der Waals surface area contributed by atoms with Crippen LogP contribution in [0.25, 0.3) is 11.3 Å². The molecule has 128 valence electrons. The van der Waals surface area contributed by atoms with Crippen LogP contribution in [0.5, 0.6) is 0 Å². The Morgan fingerprint density at radius 2 is 2.08 bits per heavy atom. The number of ether oxygens (including phenoxy) is 1. The van der Waals surface area contributed by atoms with Gasteiger partial charge in [-0.25, -0.2) is 0 Å². The first-order valence-electron chi connectivity index (χ1n) is 8.72. The van der Waals surface area contributed by atoms with Gasteiger partial charge in [0.1, 0.15) is 5.69 Å². The molecule has 1 saturated carbocycles. The molecule has 0 amide bonds. The van der Waals surface area contributed by atoms with Crippen LogP contribution in [0.4, 0.5) is 0 Å². The predicted molar refractivity (Wildman–Crippen MR) is 90.4 cm³/mol. The molecule has 0 spiro atoms. The fraction of sp³-hybridized carbons (Fsp3) is 0.526. The van der Waals surface area contributed by atoms with Crippen LogP contribution in [0, 0.1) is 12.8 Å². The first kappa shape index (κ1) is 15.8. The summed E-state index contributed by atoms with van der Waals surface area (Å²) in [7, 11) is 0. The quantitative estimate of drug-likeness (QED) is 0.935. The molecule has 3 atom stereocenters. The molecule has 1 aliphatic heterocycles. The van der Waals surface area contributed by atoms with E-state index in [0.29, 0.717) is 12.0 Å². The van der Waals surface area contributed by atoms with Crippen molar-refractivity contribution in [3.05, 3.63) is 41.7 Å². The summed E-state index contributed by atoms with van der Waals surface area (Å²) in [5.74, 6) is 1.25. The zero-order chi connectivity index (χ0) is 16.5. The Labute approximate surface area is 142 Å². The average Bonchev–Trinajstić information content (AvgIpc) is 3.22. The molecule has 1 N–H and O–H groups in total. The maximum Gasteiger partial charge on any atom is 0.151 e. The molecule has 1 aromatic carbocycles. The summed E-state index contributed by atoms with van der Waals surface area (Å²) in [4.78, 5) is 2.42. The molecule has 2 aliphatic rings. The van der Waals surface area contributed by atoms with Gasteiger partial charge >= 0.3 is 0 Å². The Morgan fingerprint density at radius 1 is 1.25 bits per heavy atom. The first-order chi connectivity index (χ1) is 11.7. The van der Waals surface area contributed by atoms with Crippen LogP contribution < -0.4 is 0 Å². The number of aliphatic hydroxyl groups excluding tert-OH is 1. The van der Waals surface area contributed by atoms with Crippen molar-refractivity contribution < 1.29 is 14.4 Å². The number of aryl methyl sites for hydroxylation is 1. The van der Waals surface area contributed by atoms with Crippen LogP contribution in [-0.2, 0) is 11.3 Å². The third-order valence-corrected chi connectivity index (χ3v) is 5.27. The topological polar surface area (TPSA) is 58.7 Å². The van der Waals surface area contributed by atoms with Gasteiger partial charge in [0.05, 0.1) is 19.3 Å². The second-order valence-electron chi connectivity index (χ2n) is 7.01. The SMILES string of the molecule is Cc1ccc(-c2cc(CN3CCOC4C[C@H](CO)C[C@@H]43)on2)cc1. The molecule has 2 aromatic rings. The van der Waals surface area contributed by atoms with Crippen LogP contribution in [0.1, 0.15) is 24.2 Å². The fourth-order valence-corrected chi connectivity index (χ4v) is 3.92. The molecule has 0 bridgehead atoms. The number of fused-ring (bicyclic) bond motifs is 1. The van der Waals surface area contributed by atoms with Crippen molar-refractivity contribution in [3.8, 4) is 11.3 Å². The second-order valence-corrected chi connectivity index (χ2v) is 7.01. The smallest absolute Gasteiger partial charge is 0.151 e. The Hall–Kier alpha value is -1.69. The van der Waals surface area contributed by atoms with E-state index in [9.17, 15) is 5.11 Å². The van der Waals surface area contributed by atoms with E-state index in [4.69, 9.17) is 9.26 Å². The maximum absolute atomic E-state index is 9.44. The fourth-order valence-electron chi connectivity index (χ4n) is 3.92. The lowest BCUT2D eigenvalue weighted by Gasteiger charge is -2.36. The van der Waals surface area contributed by atoms with Crippen molar-refractivity contribution in [1.82, 2.24) is 10.1 Å². The summed E-state index contributed by atoms with van der Waals surface area (Å²) in [6.07, 6.45) is 2.21. The number of morpholine rings is 1. The maximum atomic E-state index is 9.44. The van der Waals surface area contributed by atoms with E-state index in [-0.39, 0.29) is 12.7 Å². The standard InChI is InChI=1S/C19H24N2O3/c1-13-2-4-15(5-3-13)17-10-16(24-20-17)11-21-6-7-23-19-9-14(12-22)8-18(19)21/h2-5,10,14,18-19,22H,6-9,11-12H2,1H3/t14-,18+,19?/m1/s1. The van der Waals surface area contributed by atoms with E-state index >= 15 is 0 Å². The highest BCUT2D eigenvalue weighted by molar-refractivity contribution is 5.59. The lowest BCUT2D eigenvalue weighted by Crippen LogP contribution is -2.47. The zero-order valence-corrected chi connectivity index (χ0v) is 14.0. The molecule has 24 heavy (non-hydrogen) atoms. The lowest BCUT2D eigenvalue weighted by atomic mass is 10.1. The van der Waals surface area contributed by atoms with E-state index in [1.165, 1.54) is 5.56 Å². The van der Waals surface area contributed by atoms with Crippen molar-refractivity contribution in [1.29, 1.82) is 0 Å². The van der Waals surface area contributed by atoms with Crippen LogP contribution >= 0.6 is 0 Å². The molecule has 2 heterocycles. The molecule has 2 fully saturated rings. The lowest BCUT2D eigenvalue weighted by molar-refractivity contribution is -0.0612. The number of aromatic nitrogens is 1. The summed E-state index contributed by atoms with van der Waals surface area (Å²) in [6.45, 7) is 4.73. The van der Waals surface area contributed by atoms with Crippen molar-refractivity contribution >= 4 is 0 Å². The molecule has 5 heteroatoms. The Balaban J connectivity index is 1.46. The van der Waals surface area contributed by atoms with Gasteiger partial charge in [-0.2, -0.15) is 0 Å². The molecule has 1 aromatic heterocycles. The summed E-state index contributed by atoms with van der Waals surface area (Å²) in [5.41, 5.74) is 3.20. The van der Waals surface area contributed by atoms with Gasteiger partial charge in [0.25, 0.3) is 0 Å². The van der Waals surface area contributed by atoms with Gasteiger partial charge < -0.3 is 14.4 Å². The normalized spacial score (nSPS) is 27.3. The summed E-state index contributed by atoms with van der Waals surface area (Å²) < 4.78 is 11.5. The van der Waals surface area contributed by atoms with Crippen molar-refractivity contribution in [2.24, 2.45) is 5.92 Å². The minimum atomic E-state index is 0.246. The van der Waals surface area contributed by atoms with E-state index < -0.39 is 0 Å². The molecular formula is C19H24N2O3. The van der Waals surface area contributed by atoms with Gasteiger partial charge in [-0.05, 0) is 25.7 Å². The van der Waals surface area contributed by atoms with E-state index in [1.54, 1.807) is 0 Å². The average molecular weight is 328 g/mol. The van der Waals surface area contributed by atoms with Crippen LogP contribution in [0.15, 0.2) is 34.9 Å². The molecule has 4 rings (SSSR count). The molecular weight excluding hydrogens is 304 g/mol. The number of hydrogen-bond acceptors (Lipinski definition) is 5. The highest BCUT2D eigenvalue weighted by Gasteiger charge is 2.40. The summed E-state index contributed by atoms with van der Waals surface area (Å²) in [5, 5.41) is 13.7. The minimum absolute atomic E-state index is 0.246. The number of hydrogen-bond donors (Lipinski definition) is 1. The Bertz CT molecular complexity index is 682. The molecule has 1 saturated heterocycles. The molecule has 0 radical (unpaired) electrons. The Morgan fingerprint density at radius 3 is 2.88 bits per heavy atom. The van der Waals surface area contributed by atoms with Gasteiger partial charge in [0.2, 0.25) is 0 Å². The van der Waals surface area contributed by atoms with Gasteiger partial charge in [-0.15, -0.1) is 0 Å². The van der Waals surface area contributed by atoms with Gasteiger partial charge in [-0.1, -0.05) is 35.0 Å². The summed E-state index contributed by atoms with van der Waals surface area (Å²) in [6, 6.07) is 10.7. The number of benzene rings is 1. The van der Waals surface area contributed by atoms with E-state index in [0.717, 1.165) is 49.6 Å². The molecule has 1 aliphatic carbocycles. The third-order valence-electron chi connectivity index (χ3n) is 5.27. The summed E-state index contributed by atoms with van der Waals surface area (Å²) >= 11 is 0. The number of nitrogens with zero attached hydrogens (tertiary/aromatic N) is 2. The second kappa shape index (κ2) is 6.67. The third kappa shape index (κ3) is 3.11. The van der Waals surface area contributed by atoms with Crippen molar-refractivity contribution in [2.75, 3.05) is 19.8 Å². The van der Waals surface area contributed by atoms with Crippen LogP contribution in [-0.4, -0.2) is 47.1 Å². The van der Waals surface area contributed by atoms with Gasteiger partial charge in [0.15, 0.2) is 5.76 Å². The first-order valence-corrected chi connectivity index (χ1v) is 8.72. The van der Waals surface area contributed by atoms with Crippen molar-refractivity contribution in [3.63, 3.8) is 0 Å². The monoisotopic (exact) mass is 328 g/mol. The van der Waals surface area contributed by atoms with E-state index in [2.05, 4.69) is 41.2 Å². The van der Waals surface area contributed by atoms with Gasteiger partial charge in [-0.3, -0.25) is 4.90 Å². The highest BCUT2D eigenvalue weighted by Crippen LogP contribution is 2.35. The molecule has 5 nitrogen and oxygen atoms in total. The van der Waals surface area contributed by atoms with Gasteiger partial charge in [0, 0.05) is 30.8 Å². The number of rotatable bonds is 4.